The number of nitrogens with one attached hydrogen (secondary N) is 1. The zero-order valence-electron chi connectivity index (χ0n) is 7.77. The molecule has 0 bridgehead atoms. The third-order valence-corrected chi connectivity index (χ3v) is 4.95. The fraction of sp³-hybridized carbons (Fsp3) is 0.556. The first-order valence-corrected chi connectivity index (χ1v) is 7.17. The molecule has 0 aromatic carbocycles. The van der Waals surface area contributed by atoms with Crippen molar-refractivity contribution in [3.05, 3.63) is 22.4 Å². The predicted octanol–water partition coefficient (Wildman–Crippen LogP) is 1.37. The Morgan fingerprint density at radius 1 is 1.50 bits per heavy atom. The van der Waals surface area contributed by atoms with Crippen LogP contribution in [0.5, 0.6) is 0 Å². The van der Waals surface area contributed by atoms with E-state index < -0.39 is 10.0 Å². The number of hydrogen-bond acceptors (Lipinski definition) is 3. The van der Waals surface area contributed by atoms with E-state index in [2.05, 4.69) is 4.72 Å². The van der Waals surface area contributed by atoms with Crippen LogP contribution in [0.1, 0.15) is 18.4 Å². The summed E-state index contributed by atoms with van der Waals surface area (Å²) in [6, 6.07) is 2.02. The van der Waals surface area contributed by atoms with E-state index in [1.165, 1.54) is 5.56 Å². The Labute approximate surface area is 88.2 Å². The van der Waals surface area contributed by atoms with Crippen LogP contribution in [0.3, 0.4) is 0 Å². The lowest BCUT2D eigenvalue weighted by Crippen LogP contribution is -2.29. The molecular formula is C9H13NO2S2. The summed E-state index contributed by atoms with van der Waals surface area (Å²) in [6.07, 6.45) is 2.44. The monoisotopic (exact) mass is 231 g/mol. The molecule has 0 atom stereocenters. The molecule has 5 heteroatoms. The van der Waals surface area contributed by atoms with Crippen molar-refractivity contribution < 1.29 is 8.42 Å². The van der Waals surface area contributed by atoms with Crippen LogP contribution in [0.2, 0.25) is 0 Å². The van der Waals surface area contributed by atoms with Crippen molar-refractivity contribution in [3.8, 4) is 0 Å². The molecule has 2 rings (SSSR count). The SMILES string of the molecule is O=S(=O)(NCCc1ccsc1)C1CC1. The van der Waals surface area contributed by atoms with E-state index in [0.29, 0.717) is 6.54 Å². The molecule has 1 aliphatic carbocycles. The highest BCUT2D eigenvalue weighted by molar-refractivity contribution is 7.90. The topological polar surface area (TPSA) is 46.2 Å². The van der Waals surface area contributed by atoms with Crippen molar-refractivity contribution in [2.75, 3.05) is 6.54 Å². The summed E-state index contributed by atoms with van der Waals surface area (Å²) in [4.78, 5) is 0. The quantitative estimate of drug-likeness (QED) is 0.832. The fourth-order valence-corrected chi connectivity index (χ4v) is 3.35. The minimum absolute atomic E-state index is 0.107. The number of hydrogen-bond donors (Lipinski definition) is 1. The summed E-state index contributed by atoms with van der Waals surface area (Å²) in [7, 11) is -2.99. The average Bonchev–Trinajstić information content (AvgIpc) is 2.87. The largest absolute Gasteiger partial charge is 0.215 e. The highest BCUT2D eigenvalue weighted by atomic mass is 32.2. The Kier molecular flexibility index (Phi) is 2.90. The minimum Gasteiger partial charge on any atom is -0.215 e. The van der Waals surface area contributed by atoms with E-state index in [9.17, 15) is 8.42 Å². The smallest absolute Gasteiger partial charge is 0.214 e. The zero-order chi connectivity index (χ0) is 10.0. The number of sulfonamides is 1. The second-order valence-corrected chi connectivity index (χ2v) is 6.35. The van der Waals surface area contributed by atoms with Gasteiger partial charge in [0.1, 0.15) is 0 Å². The van der Waals surface area contributed by atoms with Gasteiger partial charge in [-0.1, -0.05) is 0 Å². The molecule has 0 aliphatic heterocycles. The van der Waals surface area contributed by atoms with Gasteiger partial charge in [-0.05, 0) is 41.7 Å². The molecular weight excluding hydrogens is 218 g/mol. The third kappa shape index (κ3) is 2.56. The Hall–Kier alpha value is -0.390. The van der Waals surface area contributed by atoms with Crippen molar-refractivity contribution in [2.24, 2.45) is 0 Å². The van der Waals surface area contributed by atoms with Gasteiger partial charge >= 0.3 is 0 Å². The Morgan fingerprint density at radius 2 is 2.29 bits per heavy atom. The minimum atomic E-state index is -2.99. The van der Waals surface area contributed by atoms with Crippen LogP contribution in [0.25, 0.3) is 0 Å². The lowest BCUT2D eigenvalue weighted by molar-refractivity contribution is 0.580. The molecule has 1 heterocycles. The summed E-state index contributed by atoms with van der Waals surface area (Å²) in [5.74, 6) is 0. The molecule has 0 unspecified atom stereocenters. The van der Waals surface area contributed by atoms with Gasteiger partial charge in [0.05, 0.1) is 5.25 Å². The van der Waals surface area contributed by atoms with Gasteiger partial charge in [-0.2, -0.15) is 11.3 Å². The molecule has 78 valence electrons. The van der Waals surface area contributed by atoms with Gasteiger partial charge in [0.25, 0.3) is 0 Å². The van der Waals surface area contributed by atoms with E-state index in [-0.39, 0.29) is 5.25 Å². The standard InChI is InChI=1S/C9H13NO2S2/c11-14(12,9-1-2-9)10-5-3-8-4-6-13-7-8/h4,6-7,9-10H,1-3,5H2. The van der Waals surface area contributed by atoms with Crippen molar-refractivity contribution in [2.45, 2.75) is 24.5 Å². The van der Waals surface area contributed by atoms with Gasteiger partial charge < -0.3 is 0 Å². The number of rotatable bonds is 5. The molecule has 1 aliphatic rings. The maximum Gasteiger partial charge on any atom is 0.214 e. The van der Waals surface area contributed by atoms with Gasteiger partial charge in [0.15, 0.2) is 0 Å². The predicted molar refractivity (Wildman–Crippen MR) is 58.0 cm³/mol. The summed E-state index contributed by atoms with van der Waals surface area (Å²) >= 11 is 1.64. The van der Waals surface area contributed by atoms with Crippen LogP contribution >= 0.6 is 11.3 Å². The number of thiophene rings is 1. The first-order valence-electron chi connectivity index (χ1n) is 4.68. The van der Waals surface area contributed by atoms with E-state index in [1.807, 2.05) is 16.8 Å². The second-order valence-electron chi connectivity index (χ2n) is 3.52. The van der Waals surface area contributed by atoms with Crippen LogP contribution in [-0.2, 0) is 16.4 Å². The van der Waals surface area contributed by atoms with E-state index in [4.69, 9.17) is 0 Å². The first kappa shape index (κ1) is 10.1. The zero-order valence-corrected chi connectivity index (χ0v) is 9.40. The Morgan fingerprint density at radius 3 is 2.86 bits per heavy atom. The highest BCUT2D eigenvalue weighted by Crippen LogP contribution is 2.27. The molecule has 0 radical (unpaired) electrons. The van der Waals surface area contributed by atoms with Crippen LogP contribution < -0.4 is 4.72 Å². The maximum absolute atomic E-state index is 11.4. The van der Waals surface area contributed by atoms with Crippen LogP contribution in [0.15, 0.2) is 16.8 Å². The normalized spacial score (nSPS) is 17.1. The summed E-state index contributed by atoms with van der Waals surface area (Å²) < 4.78 is 25.5. The van der Waals surface area contributed by atoms with Gasteiger partial charge in [-0.15, -0.1) is 0 Å². The molecule has 1 N–H and O–H groups in total. The van der Waals surface area contributed by atoms with Crippen LogP contribution in [-0.4, -0.2) is 20.2 Å². The van der Waals surface area contributed by atoms with E-state index >= 15 is 0 Å². The van der Waals surface area contributed by atoms with E-state index in [0.717, 1.165) is 19.3 Å². The molecule has 1 aromatic heterocycles. The van der Waals surface area contributed by atoms with Gasteiger partial charge in [0.2, 0.25) is 10.0 Å². The summed E-state index contributed by atoms with van der Waals surface area (Å²) in [5, 5.41) is 3.95. The average molecular weight is 231 g/mol. The summed E-state index contributed by atoms with van der Waals surface area (Å²) in [5.41, 5.74) is 1.20. The van der Waals surface area contributed by atoms with Crippen LogP contribution in [0.4, 0.5) is 0 Å². The van der Waals surface area contributed by atoms with Crippen molar-refractivity contribution in [1.29, 1.82) is 0 Å². The second kappa shape index (κ2) is 4.00. The molecule has 1 fully saturated rings. The molecule has 3 nitrogen and oxygen atoms in total. The highest BCUT2D eigenvalue weighted by Gasteiger charge is 2.35. The molecule has 0 saturated heterocycles. The van der Waals surface area contributed by atoms with E-state index in [1.54, 1.807) is 11.3 Å². The fourth-order valence-electron chi connectivity index (χ4n) is 1.27. The maximum atomic E-state index is 11.4. The molecule has 1 saturated carbocycles. The molecule has 0 amide bonds. The molecule has 14 heavy (non-hydrogen) atoms. The molecule has 0 spiro atoms. The molecule has 1 aromatic rings. The Bertz CT molecular complexity index is 379. The van der Waals surface area contributed by atoms with Crippen molar-refractivity contribution in [3.63, 3.8) is 0 Å². The summed E-state index contributed by atoms with van der Waals surface area (Å²) in [6.45, 7) is 0.523. The van der Waals surface area contributed by atoms with Crippen LogP contribution in [0, 0.1) is 0 Å². The van der Waals surface area contributed by atoms with Gasteiger partial charge in [-0.25, -0.2) is 13.1 Å². The lowest BCUT2D eigenvalue weighted by Gasteiger charge is -2.03. The van der Waals surface area contributed by atoms with Gasteiger partial charge in [0, 0.05) is 6.54 Å². The third-order valence-electron chi connectivity index (χ3n) is 2.26. The van der Waals surface area contributed by atoms with Gasteiger partial charge in [-0.3, -0.25) is 0 Å². The lowest BCUT2D eigenvalue weighted by atomic mass is 10.2. The van der Waals surface area contributed by atoms with Crippen molar-refractivity contribution >= 4 is 21.4 Å². The first-order chi connectivity index (χ1) is 6.68. The van der Waals surface area contributed by atoms with Crippen molar-refractivity contribution in [1.82, 2.24) is 4.72 Å². The Balaban J connectivity index is 1.78.